The predicted molar refractivity (Wildman–Crippen MR) is 95.1 cm³/mol. The minimum atomic E-state index is -0.485. The SMILES string of the molecule is Cc1c(C=Cc2ccc(-c3ccccc3Br)o2)n[nH]c(=O)c1C#N. The van der Waals surface area contributed by atoms with E-state index < -0.39 is 5.56 Å². The van der Waals surface area contributed by atoms with Gasteiger partial charge in [0.1, 0.15) is 23.2 Å². The molecule has 5 nitrogen and oxygen atoms in total. The number of aromatic amines is 1. The van der Waals surface area contributed by atoms with Gasteiger partial charge in [-0.2, -0.15) is 10.4 Å². The van der Waals surface area contributed by atoms with E-state index in [4.69, 9.17) is 9.68 Å². The third kappa shape index (κ3) is 3.07. The Labute approximate surface area is 146 Å². The first-order chi connectivity index (χ1) is 11.6. The fraction of sp³-hybridized carbons (Fsp3) is 0.0556. The van der Waals surface area contributed by atoms with Crippen molar-refractivity contribution in [3.63, 3.8) is 0 Å². The number of furan rings is 1. The van der Waals surface area contributed by atoms with Gasteiger partial charge >= 0.3 is 0 Å². The zero-order valence-corrected chi connectivity index (χ0v) is 14.3. The Morgan fingerprint density at radius 3 is 2.79 bits per heavy atom. The number of hydrogen-bond acceptors (Lipinski definition) is 4. The number of halogens is 1. The number of nitriles is 1. The van der Waals surface area contributed by atoms with Crippen LogP contribution in [0.4, 0.5) is 0 Å². The summed E-state index contributed by atoms with van der Waals surface area (Å²) in [6, 6.07) is 13.4. The molecule has 0 saturated carbocycles. The molecule has 1 N–H and O–H groups in total. The van der Waals surface area contributed by atoms with Crippen molar-refractivity contribution in [3.8, 4) is 17.4 Å². The zero-order chi connectivity index (χ0) is 17.1. The van der Waals surface area contributed by atoms with E-state index in [1.54, 1.807) is 19.1 Å². The highest BCUT2D eigenvalue weighted by molar-refractivity contribution is 9.10. The number of aromatic nitrogens is 2. The molecule has 0 amide bonds. The first-order valence-electron chi connectivity index (χ1n) is 7.12. The summed E-state index contributed by atoms with van der Waals surface area (Å²) in [5.41, 5.74) is 1.60. The average Bonchev–Trinajstić information content (AvgIpc) is 3.04. The molecule has 0 unspecified atom stereocenters. The standard InChI is InChI=1S/C18H12BrN3O2/c1-11-14(10-20)18(23)22-21-16(11)8-6-12-7-9-17(24-12)13-4-2-3-5-15(13)19/h2-9H,1H3,(H,22,23). The molecule has 118 valence electrons. The molecule has 0 bridgehead atoms. The smallest absolute Gasteiger partial charge is 0.282 e. The van der Waals surface area contributed by atoms with Crippen molar-refractivity contribution < 1.29 is 4.42 Å². The van der Waals surface area contributed by atoms with Gasteiger partial charge in [0, 0.05) is 10.0 Å². The normalized spacial score (nSPS) is 10.9. The molecule has 3 aromatic rings. The first kappa shape index (κ1) is 16.0. The lowest BCUT2D eigenvalue weighted by atomic mass is 10.1. The Bertz CT molecular complexity index is 1030. The Kier molecular flexibility index (Phi) is 4.45. The Morgan fingerprint density at radius 2 is 2.04 bits per heavy atom. The quantitative estimate of drug-likeness (QED) is 0.738. The van der Waals surface area contributed by atoms with Crippen LogP contribution < -0.4 is 5.56 Å². The van der Waals surface area contributed by atoms with Crippen molar-refractivity contribution in [2.45, 2.75) is 6.92 Å². The Morgan fingerprint density at radius 1 is 1.25 bits per heavy atom. The van der Waals surface area contributed by atoms with Crippen molar-refractivity contribution in [2.75, 3.05) is 0 Å². The molecule has 0 aliphatic carbocycles. The van der Waals surface area contributed by atoms with E-state index in [2.05, 4.69) is 26.1 Å². The van der Waals surface area contributed by atoms with Crippen LogP contribution in [0.3, 0.4) is 0 Å². The average molecular weight is 382 g/mol. The number of nitrogens with one attached hydrogen (secondary N) is 1. The topological polar surface area (TPSA) is 82.7 Å². The van der Waals surface area contributed by atoms with Crippen molar-refractivity contribution in [1.29, 1.82) is 5.26 Å². The van der Waals surface area contributed by atoms with E-state index in [0.717, 1.165) is 15.8 Å². The molecule has 0 aliphatic heterocycles. The molecule has 0 spiro atoms. The number of nitrogens with zero attached hydrogens (tertiary/aromatic N) is 2. The monoisotopic (exact) mass is 381 g/mol. The van der Waals surface area contributed by atoms with Crippen LogP contribution in [-0.4, -0.2) is 10.2 Å². The van der Waals surface area contributed by atoms with E-state index in [-0.39, 0.29) is 5.56 Å². The molecule has 0 aliphatic rings. The van der Waals surface area contributed by atoms with Crippen LogP contribution in [0.15, 0.2) is 50.1 Å². The second-order valence-corrected chi connectivity index (χ2v) is 5.92. The molecule has 1 aromatic carbocycles. The van der Waals surface area contributed by atoms with Crippen molar-refractivity contribution in [3.05, 3.63) is 73.8 Å². The summed E-state index contributed by atoms with van der Waals surface area (Å²) in [7, 11) is 0. The molecular formula is C18H12BrN3O2. The van der Waals surface area contributed by atoms with Crippen LogP contribution in [0.2, 0.25) is 0 Å². The second kappa shape index (κ2) is 6.69. The van der Waals surface area contributed by atoms with Crippen molar-refractivity contribution in [2.24, 2.45) is 0 Å². The van der Waals surface area contributed by atoms with Crippen LogP contribution in [0.5, 0.6) is 0 Å². The van der Waals surface area contributed by atoms with Crippen LogP contribution in [0.1, 0.15) is 22.6 Å². The zero-order valence-electron chi connectivity index (χ0n) is 12.7. The molecule has 0 saturated heterocycles. The summed E-state index contributed by atoms with van der Waals surface area (Å²) >= 11 is 3.50. The maximum absolute atomic E-state index is 11.5. The highest BCUT2D eigenvalue weighted by Gasteiger charge is 2.09. The highest BCUT2D eigenvalue weighted by Crippen LogP contribution is 2.29. The van der Waals surface area contributed by atoms with E-state index in [1.807, 2.05) is 42.5 Å². The van der Waals surface area contributed by atoms with Crippen molar-refractivity contribution >= 4 is 28.1 Å². The number of H-pyrrole nitrogens is 1. The summed E-state index contributed by atoms with van der Waals surface area (Å²) < 4.78 is 6.76. The minimum Gasteiger partial charge on any atom is -0.457 e. The van der Waals surface area contributed by atoms with Crippen LogP contribution in [0, 0.1) is 18.3 Å². The molecular weight excluding hydrogens is 370 g/mol. The fourth-order valence-corrected chi connectivity index (χ4v) is 2.74. The van der Waals surface area contributed by atoms with Gasteiger partial charge < -0.3 is 4.42 Å². The summed E-state index contributed by atoms with van der Waals surface area (Å²) in [4.78, 5) is 11.5. The van der Waals surface area contributed by atoms with E-state index in [9.17, 15) is 4.79 Å². The molecule has 0 fully saturated rings. The lowest BCUT2D eigenvalue weighted by molar-refractivity contribution is 0.572. The van der Waals surface area contributed by atoms with Gasteiger partial charge in [-0.05, 0) is 42.8 Å². The third-order valence-corrected chi connectivity index (χ3v) is 4.24. The van der Waals surface area contributed by atoms with Gasteiger partial charge in [-0.1, -0.05) is 34.1 Å². The third-order valence-electron chi connectivity index (χ3n) is 3.55. The molecule has 2 aromatic heterocycles. The lowest BCUT2D eigenvalue weighted by Gasteiger charge is -2.00. The summed E-state index contributed by atoms with van der Waals surface area (Å²) in [5, 5.41) is 15.3. The molecule has 0 radical (unpaired) electrons. The van der Waals surface area contributed by atoms with E-state index in [0.29, 0.717) is 17.0 Å². The summed E-state index contributed by atoms with van der Waals surface area (Å²) in [6.07, 6.45) is 3.45. The van der Waals surface area contributed by atoms with Gasteiger partial charge in [-0.15, -0.1) is 0 Å². The largest absolute Gasteiger partial charge is 0.457 e. The molecule has 0 atom stereocenters. The molecule has 6 heteroatoms. The van der Waals surface area contributed by atoms with Gasteiger partial charge in [-0.25, -0.2) is 5.10 Å². The second-order valence-electron chi connectivity index (χ2n) is 5.06. The van der Waals surface area contributed by atoms with E-state index >= 15 is 0 Å². The van der Waals surface area contributed by atoms with Crippen LogP contribution in [-0.2, 0) is 0 Å². The maximum atomic E-state index is 11.5. The van der Waals surface area contributed by atoms with Gasteiger partial charge in [-0.3, -0.25) is 4.79 Å². The fourth-order valence-electron chi connectivity index (χ4n) is 2.26. The Hall–Kier alpha value is -2.91. The predicted octanol–water partition coefficient (Wildman–Crippen LogP) is 4.14. The molecule has 2 heterocycles. The molecule has 3 rings (SSSR count). The number of rotatable bonds is 3. The summed E-state index contributed by atoms with van der Waals surface area (Å²) in [6.45, 7) is 1.69. The number of benzene rings is 1. The Balaban J connectivity index is 1.91. The maximum Gasteiger partial charge on any atom is 0.282 e. The lowest BCUT2D eigenvalue weighted by Crippen LogP contribution is -2.15. The number of hydrogen-bond donors (Lipinski definition) is 1. The molecule has 24 heavy (non-hydrogen) atoms. The van der Waals surface area contributed by atoms with E-state index in [1.165, 1.54) is 0 Å². The first-order valence-corrected chi connectivity index (χ1v) is 7.91. The van der Waals surface area contributed by atoms with Gasteiger partial charge in [0.05, 0.1) is 5.69 Å². The summed E-state index contributed by atoms with van der Waals surface area (Å²) in [5.74, 6) is 1.39. The van der Waals surface area contributed by atoms with Gasteiger partial charge in [0.2, 0.25) is 0 Å². The van der Waals surface area contributed by atoms with Gasteiger partial charge in [0.25, 0.3) is 5.56 Å². The van der Waals surface area contributed by atoms with Gasteiger partial charge in [0.15, 0.2) is 0 Å². The van der Waals surface area contributed by atoms with Crippen molar-refractivity contribution in [1.82, 2.24) is 10.2 Å². The minimum absolute atomic E-state index is 0.0676. The highest BCUT2D eigenvalue weighted by atomic mass is 79.9. The van der Waals surface area contributed by atoms with Crippen LogP contribution >= 0.6 is 15.9 Å². The van der Waals surface area contributed by atoms with Crippen LogP contribution in [0.25, 0.3) is 23.5 Å².